The Bertz CT molecular complexity index is 473. The smallest absolute Gasteiger partial charge is 0.0660 e. The summed E-state index contributed by atoms with van der Waals surface area (Å²) in [4.78, 5) is 0. The Balaban J connectivity index is 2.37. The normalized spacial score (nSPS) is 30.8. The van der Waals surface area contributed by atoms with Gasteiger partial charge in [-0.3, -0.25) is 0 Å². The average Bonchev–Trinajstić information content (AvgIpc) is 2.40. The minimum atomic E-state index is -0.0972. The fraction of sp³-hybridized carbons (Fsp3) is 0.588. The van der Waals surface area contributed by atoms with Crippen LogP contribution in [0, 0.1) is 18.3 Å². The summed E-state index contributed by atoms with van der Waals surface area (Å²) in [6, 6.07) is 11.1. The van der Waals surface area contributed by atoms with Crippen molar-refractivity contribution < 1.29 is 4.74 Å². The van der Waals surface area contributed by atoms with Gasteiger partial charge in [0, 0.05) is 18.4 Å². The van der Waals surface area contributed by atoms with Crippen LogP contribution in [-0.4, -0.2) is 12.2 Å². The second-order valence-corrected chi connectivity index (χ2v) is 6.06. The molecule has 1 aliphatic rings. The quantitative estimate of drug-likeness (QED) is 0.815. The van der Waals surface area contributed by atoms with E-state index in [0.29, 0.717) is 6.42 Å². The first-order chi connectivity index (χ1) is 9.03. The topological polar surface area (TPSA) is 33.0 Å². The molecule has 0 unspecified atom stereocenters. The predicted molar refractivity (Wildman–Crippen MR) is 77.0 cm³/mol. The molecule has 2 rings (SSSR count). The van der Waals surface area contributed by atoms with Crippen molar-refractivity contribution in [1.29, 1.82) is 5.26 Å². The van der Waals surface area contributed by atoms with Crippen molar-refractivity contribution in [2.45, 2.75) is 57.5 Å². The molecule has 1 heterocycles. The summed E-state index contributed by atoms with van der Waals surface area (Å²) in [5.41, 5.74) is 2.43. The van der Waals surface area contributed by atoms with Gasteiger partial charge < -0.3 is 4.74 Å². The molecule has 1 aromatic carbocycles. The summed E-state index contributed by atoms with van der Waals surface area (Å²) in [7, 11) is 0. The van der Waals surface area contributed by atoms with Gasteiger partial charge in [0.1, 0.15) is 0 Å². The number of benzene rings is 1. The highest BCUT2D eigenvalue weighted by Crippen LogP contribution is 2.45. The summed E-state index contributed by atoms with van der Waals surface area (Å²) in [6.45, 7) is 7.19. The first-order valence-electron chi connectivity index (χ1n) is 7.12. The lowest BCUT2D eigenvalue weighted by atomic mass is 9.66. The molecule has 0 radical (unpaired) electrons. The number of aryl methyl sites for hydroxylation is 1. The summed E-state index contributed by atoms with van der Waals surface area (Å²) >= 11 is 0. The van der Waals surface area contributed by atoms with Gasteiger partial charge in [0.25, 0.3) is 0 Å². The molecule has 2 nitrogen and oxygen atoms in total. The third-order valence-electron chi connectivity index (χ3n) is 4.57. The molecule has 2 heteroatoms. The number of rotatable bonds is 3. The number of nitriles is 1. The summed E-state index contributed by atoms with van der Waals surface area (Å²) in [5, 5.41) is 9.25. The molecule has 0 amide bonds. The Hall–Kier alpha value is -1.33. The van der Waals surface area contributed by atoms with Crippen LogP contribution in [-0.2, 0) is 10.2 Å². The SMILES string of the molecule is CC[C@]1(C)C[C@](CC#N)(c2ccc(C)cc2)CCO1. The van der Waals surface area contributed by atoms with Crippen molar-refractivity contribution >= 4 is 0 Å². The van der Waals surface area contributed by atoms with Crippen LogP contribution in [0.4, 0.5) is 0 Å². The largest absolute Gasteiger partial charge is 0.375 e. The zero-order valence-corrected chi connectivity index (χ0v) is 12.2. The van der Waals surface area contributed by atoms with Crippen molar-refractivity contribution in [2.24, 2.45) is 0 Å². The molecule has 0 bridgehead atoms. The number of hydrogen-bond donors (Lipinski definition) is 0. The number of ether oxygens (including phenoxy) is 1. The second-order valence-electron chi connectivity index (χ2n) is 6.06. The summed E-state index contributed by atoms with van der Waals surface area (Å²) in [6.07, 6.45) is 3.45. The van der Waals surface area contributed by atoms with Crippen LogP contribution in [0.1, 0.15) is 50.7 Å². The highest BCUT2D eigenvalue weighted by Gasteiger charge is 2.43. The fourth-order valence-electron chi connectivity index (χ4n) is 3.13. The Morgan fingerprint density at radius 1 is 1.32 bits per heavy atom. The minimum Gasteiger partial charge on any atom is -0.375 e. The standard InChI is InChI=1S/C17H23NO/c1-4-16(3)13-17(9-11-18,10-12-19-16)15-7-5-14(2)6-8-15/h5-8H,4,9-10,12-13H2,1-3H3/t16-,17-/m1/s1. The van der Waals surface area contributed by atoms with Gasteiger partial charge in [-0.15, -0.1) is 0 Å². The first-order valence-corrected chi connectivity index (χ1v) is 7.12. The molecule has 1 aliphatic heterocycles. The molecule has 0 N–H and O–H groups in total. The van der Waals surface area contributed by atoms with Gasteiger partial charge in [-0.2, -0.15) is 5.26 Å². The van der Waals surface area contributed by atoms with Crippen molar-refractivity contribution in [3.8, 4) is 6.07 Å². The molecule has 2 atom stereocenters. The maximum absolute atomic E-state index is 9.25. The van der Waals surface area contributed by atoms with Crippen LogP contribution in [0.2, 0.25) is 0 Å². The molecular weight excluding hydrogens is 234 g/mol. The molecule has 0 spiro atoms. The molecule has 102 valence electrons. The van der Waals surface area contributed by atoms with Crippen molar-refractivity contribution in [1.82, 2.24) is 0 Å². The third-order valence-corrected chi connectivity index (χ3v) is 4.57. The highest BCUT2D eigenvalue weighted by molar-refractivity contribution is 5.31. The molecule has 0 aromatic heterocycles. The van der Waals surface area contributed by atoms with E-state index in [-0.39, 0.29) is 11.0 Å². The molecule has 0 aliphatic carbocycles. The maximum Gasteiger partial charge on any atom is 0.0660 e. The van der Waals surface area contributed by atoms with E-state index in [1.165, 1.54) is 11.1 Å². The van der Waals surface area contributed by atoms with Crippen LogP contribution in [0.25, 0.3) is 0 Å². The van der Waals surface area contributed by atoms with Crippen molar-refractivity contribution in [3.63, 3.8) is 0 Å². The first kappa shape index (κ1) is 14.1. The van der Waals surface area contributed by atoms with Crippen LogP contribution >= 0.6 is 0 Å². The van der Waals surface area contributed by atoms with Gasteiger partial charge in [0.05, 0.1) is 11.7 Å². The maximum atomic E-state index is 9.25. The van der Waals surface area contributed by atoms with E-state index in [1.54, 1.807) is 0 Å². The fourth-order valence-corrected chi connectivity index (χ4v) is 3.13. The van der Waals surface area contributed by atoms with Gasteiger partial charge in [-0.05, 0) is 38.7 Å². The minimum absolute atomic E-state index is 0.0363. The molecule has 0 saturated carbocycles. The molecule has 1 fully saturated rings. The van der Waals surface area contributed by atoms with Crippen LogP contribution in [0.15, 0.2) is 24.3 Å². The number of nitrogens with zero attached hydrogens (tertiary/aromatic N) is 1. The van der Waals surface area contributed by atoms with Gasteiger partial charge in [0.15, 0.2) is 0 Å². The van der Waals surface area contributed by atoms with Crippen LogP contribution in [0.5, 0.6) is 0 Å². The molecule has 1 aromatic rings. The van der Waals surface area contributed by atoms with Gasteiger partial charge >= 0.3 is 0 Å². The molecule has 19 heavy (non-hydrogen) atoms. The summed E-state index contributed by atoms with van der Waals surface area (Å²) < 4.78 is 5.95. The van der Waals surface area contributed by atoms with E-state index in [9.17, 15) is 5.26 Å². The van der Waals surface area contributed by atoms with E-state index in [2.05, 4.69) is 51.1 Å². The van der Waals surface area contributed by atoms with E-state index in [0.717, 1.165) is 25.9 Å². The highest BCUT2D eigenvalue weighted by atomic mass is 16.5. The van der Waals surface area contributed by atoms with E-state index >= 15 is 0 Å². The predicted octanol–water partition coefficient (Wildman–Crippen LogP) is 4.13. The van der Waals surface area contributed by atoms with E-state index < -0.39 is 0 Å². The monoisotopic (exact) mass is 257 g/mol. The van der Waals surface area contributed by atoms with Crippen LogP contribution < -0.4 is 0 Å². The molecule has 1 saturated heterocycles. The van der Waals surface area contributed by atoms with E-state index in [1.807, 2.05) is 0 Å². The summed E-state index contributed by atoms with van der Waals surface area (Å²) in [5.74, 6) is 0. The lowest BCUT2D eigenvalue weighted by Gasteiger charge is -2.45. The van der Waals surface area contributed by atoms with E-state index in [4.69, 9.17) is 4.74 Å². The van der Waals surface area contributed by atoms with Gasteiger partial charge in [-0.1, -0.05) is 36.8 Å². The van der Waals surface area contributed by atoms with Crippen LogP contribution in [0.3, 0.4) is 0 Å². The third kappa shape index (κ3) is 2.82. The van der Waals surface area contributed by atoms with Gasteiger partial charge in [0.2, 0.25) is 0 Å². The number of hydrogen-bond acceptors (Lipinski definition) is 2. The Morgan fingerprint density at radius 3 is 2.58 bits per heavy atom. The zero-order chi connectivity index (χ0) is 13.9. The second kappa shape index (κ2) is 5.35. The lowest BCUT2D eigenvalue weighted by Crippen LogP contribution is -2.45. The molecular formula is C17H23NO. The Labute approximate surface area is 116 Å². The van der Waals surface area contributed by atoms with Crippen molar-refractivity contribution in [2.75, 3.05) is 6.61 Å². The Kier molecular flexibility index (Phi) is 3.96. The zero-order valence-electron chi connectivity index (χ0n) is 12.2. The average molecular weight is 257 g/mol. The lowest BCUT2D eigenvalue weighted by molar-refractivity contribution is -0.0957. The van der Waals surface area contributed by atoms with Crippen molar-refractivity contribution in [3.05, 3.63) is 35.4 Å². The van der Waals surface area contributed by atoms with Gasteiger partial charge in [-0.25, -0.2) is 0 Å². The Morgan fingerprint density at radius 2 is 2.00 bits per heavy atom.